The molecule has 0 amide bonds. The maximum absolute atomic E-state index is 9.27. The molecule has 0 aliphatic carbocycles. The molecule has 3 nitrogen and oxygen atoms in total. The molecule has 0 saturated heterocycles. The van der Waals surface area contributed by atoms with Crippen LogP contribution in [0.25, 0.3) is 0 Å². The summed E-state index contributed by atoms with van der Waals surface area (Å²) in [5, 5.41) is 9.07. The normalized spacial score (nSPS) is 6.67. The summed E-state index contributed by atoms with van der Waals surface area (Å²) in [5.41, 5.74) is 0. The van der Waals surface area contributed by atoms with Gasteiger partial charge >= 0.3 is 5.97 Å². The van der Waals surface area contributed by atoms with Gasteiger partial charge in [0.15, 0.2) is 5.37 Å². The lowest BCUT2D eigenvalue weighted by molar-refractivity contribution is -0.128. The van der Waals surface area contributed by atoms with Crippen LogP contribution in [0.4, 0.5) is 0 Å². The number of aliphatic carboxylic acids is 1. The van der Waals surface area contributed by atoms with Crippen molar-refractivity contribution in [1.29, 1.82) is 0 Å². The molecular formula is C2HO3S. The molecule has 0 atom stereocenters. The molecule has 0 spiro atoms. The fraction of sp³-hybridized carbons (Fsp3) is 0. The molecule has 0 aromatic heterocycles. The highest BCUT2D eigenvalue weighted by Crippen LogP contribution is 1.42. The van der Waals surface area contributed by atoms with Crippen LogP contribution in [0.3, 0.4) is 0 Å². The highest BCUT2D eigenvalue weighted by atomic mass is 32.1. The minimum atomic E-state index is -1.31. The van der Waals surface area contributed by atoms with Gasteiger partial charge in [-0.1, -0.05) is 0 Å². The summed E-state index contributed by atoms with van der Waals surface area (Å²) >= 11 is -0.190. The van der Waals surface area contributed by atoms with Gasteiger partial charge in [0.1, 0.15) is 11.3 Å². The van der Waals surface area contributed by atoms with E-state index in [2.05, 4.69) is 0 Å². The van der Waals surface area contributed by atoms with Crippen molar-refractivity contribution in [3.63, 3.8) is 0 Å². The van der Waals surface area contributed by atoms with Crippen LogP contribution in [-0.4, -0.2) is 20.7 Å². The average Bonchev–Trinajstić information content (AvgIpc) is 1.35. The summed E-state index contributed by atoms with van der Waals surface area (Å²) in [6, 6.07) is 0. The number of hydrogen-bond donors (Lipinski definition) is 1. The SMILES string of the molecule is O=S=[C]C(=O)O. The van der Waals surface area contributed by atoms with Crippen molar-refractivity contribution in [2.45, 2.75) is 0 Å². The average molecular weight is 105 g/mol. The Labute approximate surface area is 37.7 Å². The minimum Gasteiger partial charge on any atom is -0.477 e. The van der Waals surface area contributed by atoms with Crippen LogP contribution in [0.1, 0.15) is 0 Å². The van der Waals surface area contributed by atoms with Gasteiger partial charge in [0.25, 0.3) is 0 Å². The van der Waals surface area contributed by atoms with Crippen LogP contribution in [0.5, 0.6) is 0 Å². The summed E-state index contributed by atoms with van der Waals surface area (Å²) in [5.74, 6) is -1.31. The Balaban J connectivity index is 3.60. The maximum Gasteiger partial charge on any atom is 0.351 e. The second kappa shape index (κ2) is 2.59. The molecule has 6 heavy (non-hydrogen) atoms. The molecule has 1 radical (unpaired) electrons. The lowest BCUT2D eigenvalue weighted by Crippen LogP contribution is -1.92. The number of carboxylic acid groups (broad SMARTS) is 1. The van der Waals surface area contributed by atoms with Crippen LogP contribution in [0.2, 0.25) is 0 Å². The van der Waals surface area contributed by atoms with E-state index in [-0.39, 0.29) is 11.3 Å². The molecule has 0 aromatic rings. The first-order valence-corrected chi connectivity index (χ1v) is 1.79. The van der Waals surface area contributed by atoms with E-state index < -0.39 is 5.97 Å². The zero-order valence-corrected chi connectivity index (χ0v) is 3.49. The molecule has 4 heteroatoms. The molecule has 0 aromatic carbocycles. The van der Waals surface area contributed by atoms with E-state index in [9.17, 15) is 4.79 Å². The van der Waals surface area contributed by atoms with Gasteiger partial charge in [0.2, 0.25) is 0 Å². The zero-order chi connectivity index (χ0) is 4.99. The Kier molecular flexibility index (Phi) is 2.31. The standard InChI is InChI=1S/C2HO3S/c3-2(4)1-6-5/h(H,3,4). The first-order chi connectivity index (χ1) is 2.77. The van der Waals surface area contributed by atoms with E-state index in [4.69, 9.17) is 9.32 Å². The van der Waals surface area contributed by atoms with Crippen LogP contribution in [0, 0.1) is 0 Å². The van der Waals surface area contributed by atoms with Gasteiger partial charge in [-0.3, -0.25) is 0 Å². The molecule has 1 N–H and O–H groups in total. The summed E-state index contributed by atoms with van der Waals surface area (Å²) in [6.07, 6.45) is 0. The van der Waals surface area contributed by atoms with Crippen molar-refractivity contribution in [3.05, 3.63) is 0 Å². The lowest BCUT2D eigenvalue weighted by Gasteiger charge is -1.61. The molecule has 0 aliphatic rings. The first kappa shape index (κ1) is 5.36. The van der Waals surface area contributed by atoms with Gasteiger partial charge in [0, 0.05) is 0 Å². The minimum absolute atomic E-state index is 0.190. The summed E-state index contributed by atoms with van der Waals surface area (Å²) in [7, 11) is 0. The van der Waals surface area contributed by atoms with Crippen molar-refractivity contribution in [1.82, 2.24) is 0 Å². The first-order valence-electron chi connectivity index (χ1n) is 1.05. The number of rotatable bonds is 1. The Morgan fingerprint density at radius 3 is 2.33 bits per heavy atom. The van der Waals surface area contributed by atoms with E-state index in [0.29, 0.717) is 0 Å². The summed E-state index contributed by atoms with van der Waals surface area (Å²) in [6.45, 7) is 0. The number of carbonyl (C=O) groups is 1. The van der Waals surface area contributed by atoms with Crippen molar-refractivity contribution in [2.75, 3.05) is 0 Å². The van der Waals surface area contributed by atoms with E-state index >= 15 is 0 Å². The van der Waals surface area contributed by atoms with E-state index in [1.165, 1.54) is 5.37 Å². The van der Waals surface area contributed by atoms with Gasteiger partial charge in [-0.25, -0.2) is 9.00 Å². The number of hydrogen-bond acceptors (Lipinski definition) is 2. The van der Waals surface area contributed by atoms with E-state index in [1.807, 2.05) is 0 Å². The van der Waals surface area contributed by atoms with Crippen molar-refractivity contribution in [2.24, 2.45) is 0 Å². The zero-order valence-electron chi connectivity index (χ0n) is 2.67. The summed E-state index contributed by atoms with van der Waals surface area (Å²) in [4.78, 5) is 9.27. The lowest BCUT2D eigenvalue weighted by atomic mass is 10.8. The van der Waals surface area contributed by atoms with Gasteiger partial charge in [-0.15, -0.1) is 0 Å². The second-order valence-electron chi connectivity index (χ2n) is 0.491. The molecule has 0 bridgehead atoms. The maximum atomic E-state index is 9.27. The second-order valence-corrected chi connectivity index (χ2v) is 0.861. The Morgan fingerprint density at radius 2 is 2.33 bits per heavy atom. The van der Waals surface area contributed by atoms with Gasteiger partial charge in [-0.2, -0.15) is 0 Å². The molecule has 0 saturated carbocycles. The van der Waals surface area contributed by atoms with Gasteiger partial charge in [-0.05, 0) is 0 Å². The smallest absolute Gasteiger partial charge is 0.351 e. The van der Waals surface area contributed by atoms with Gasteiger partial charge < -0.3 is 5.11 Å². The third-order valence-electron chi connectivity index (χ3n) is 0.129. The van der Waals surface area contributed by atoms with Gasteiger partial charge in [0.05, 0.1) is 0 Å². The molecule has 0 fully saturated rings. The van der Waals surface area contributed by atoms with E-state index in [0.717, 1.165) is 0 Å². The van der Waals surface area contributed by atoms with Crippen LogP contribution < -0.4 is 0 Å². The Morgan fingerprint density at radius 1 is 1.83 bits per heavy atom. The third kappa shape index (κ3) is 3.36. The van der Waals surface area contributed by atoms with Crippen molar-refractivity contribution in [3.8, 4) is 0 Å². The molecule has 0 rings (SSSR count). The van der Waals surface area contributed by atoms with Crippen LogP contribution >= 0.6 is 0 Å². The fourth-order valence-corrected chi connectivity index (χ4v) is 0.107. The summed E-state index contributed by atoms with van der Waals surface area (Å²) < 4.78 is 9.16. The largest absolute Gasteiger partial charge is 0.477 e. The van der Waals surface area contributed by atoms with Crippen molar-refractivity contribution < 1.29 is 14.1 Å². The molecule has 33 valence electrons. The predicted molar refractivity (Wildman–Crippen MR) is 20.8 cm³/mol. The number of carboxylic acids is 1. The van der Waals surface area contributed by atoms with Crippen molar-refractivity contribution >= 4 is 22.6 Å². The van der Waals surface area contributed by atoms with Crippen LogP contribution in [-0.2, 0) is 16.1 Å². The third-order valence-corrected chi connectivity index (χ3v) is 0.387. The van der Waals surface area contributed by atoms with E-state index in [1.54, 1.807) is 0 Å². The quantitative estimate of drug-likeness (QED) is 0.433. The highest BCUT2D eigenvalue weighted by Gasteiger charge is 1.81. The fourth-order valence-electron chi connectivity index (χ4n) is 0.0356. The molecule has 0 unspecified atom stereocenters. The Hall–Kier alpha value is -0.640. The topological polar surface area (TPSA) is 54.4 Å². The molecule has 0 aliphatic heterocycles. The molecule has 0 heterocycles. The van der Waals surface area contributed by atoms with Crippen LogP contribution in [0.15, 0.2) is 0 Å². The predicted octanol–water partition coefficient (Wildman–Crippen LogP) is -1.04. The molecular weight excluding hydrogens is 104 g/mol. The highest BCUT2D eigenvalue weighted by molar-refractivity contribution is 7.66. The Bertz CT molecular complexity index is 101. The monoisotopic (exact) mass is 105 g/mol.